The normalized spacial score (nSPS) is 10.8. The van der Waals surface area contributed by atoms with E-state index >= 15 is 0 Å². The molecule has 40 heavy (non-hydrogen) atoms. The average Bonchev–Trinajstić information content (AvgIpc) is 3.59. The summed E-state index contributed by atoms with van der Waals surface area (Å²) in [6.45, 7) is 1.81. The molecule has 202 valence electrons. The molecule has 0 bridgehead atoms. The van der Waals surface area contributed by atoms with E-state index in [0.717, 1.165) is 51.8 Å². The topological polar surface area (TPSA) is 55.8 Å². The number of hydrogen-bond acceptors (Lipinski definition) is 5. The van der Waals surface area contributed by atoms with Gasteiger partial charge in [0, 0.05) is 9.75 Å². The summed E-state index contributed by atoms with van der Waals surface area (Å²) in [5.74, 6) is 0.174. The second-order valence-corrected chi connectivity index (χ2v) is 12.3. The average molecular weight is 608 g/mol. The molecule has 0 atom stereocenters. The van der Waals surface area contributed by atoms with Crippen molar-refractivity contribution >= 4 is 57.4 Å². The van der Waals surface area contributed by atoms with Gasteiger partial charge in [0.15, 0.2) is 6.61 Å². The van der Waals surface area contributed by atoms with Crippen molar-refractivity contribution in [2.75, 3.05) is 13.2 Å². The Morgan fingerprint density at radius 1 is 0.775 bits per heavy atom. The minimum atomic E-state index is -1.02. The Bertz CT molecular complexity index is 1570. The number of aliphatic carboxylic acids is 1. The summed E-state index contributed by atoms with van der Waals surface area (Å²) in [5, 5.41) is 8.86. The Hall–Kier alpha value is -3.55. The second kappa shape index (κ2) is 12.7. The van der Waals surface area contributed by atoms with Gasteiger partial charge in [-0.2, -0.15) is 0 Å². The molecule has 8 heteroatoms. The van der Waals surface area contributed by atoms with Crippen molar-refractivity contribution in [3.05, 3.63) is 122 Å². The molecule has 0 aliphatic rings. The first-order chi connectivity index (χ1) is 19.4. The predicted octanol–water partition coefficient (Wildman–Crippen LogP) is 9.73. The molecule has 0 unspecified atom stereocenters. The van der Waals surface area contributed by atoms with Crippen LogP contribution in [0.5, 0.6) is 11.5 Å². The number of carboxylic acid groups (broad SMARTS) is 1. The van der Waals surface area contributed by atoms with Crippen molar-refractivity contribution in [3.8, 4) is 32.4 Å². The molecule has 2 heterocycles. The maximum absolute atomic E-state index is 10.8. The number of carbonyl (C=O) groups is 1. The number of halogens is 2. The van der Waals surface area contributed by atoms with Gasteiger partial charge >= 0.3 is 5.97 Å². The minimum Gasteiger partial charge on any atom is -0.489 e. The quantitative estimate of drug-likeness (QED) is 0.172. The molecule has 0 saturated heterocycles. The van der Waals surface area contributed by atoms with Crippen LogP contribution in [-0.2, 0) is 4.79 Å². The molecule has 5 aromatic rings. The van der Waals surface area contributed by atoms with E-state index in [4.69, 9.17) is 37.8 Å². The highest BCUT2D eigenvalue weighted by molar-refractivity contribution is 7.19. The predicted molar refractivity (Wildman–Crippen MR) is 166 cm³/mol. The van der Waals surface area contributed by atoms with Gasteiger partial charge in [-0.15, -0.1) is 22.7 Å². The van der Waals surface area contributed by atoms with Gasteiger partial charge < -0.3 is 14.6 Å². The number of thiophene rings is 2. The summed E-state index contributed by atoms with van der Waals surface area (Å²) >= 11 is 15.4. The molecular weight excluding hydrogens is 583 g/mol. The zero-order valence-corrected chi connectivity index (χ0v) is 24.5. The summed E-state index contributed by atoms with van der Waals surface area (Å²) < 4.78 is 12.9. The number of rotatable bonds is 10. The lowest BCUT2D eigenvalue weighted by Crippen LogP contribution is -2.10. The van der Waals surface area contributed by atoms with Crippen LogP contribution in [0.2, 0.25) is 8.67 Å². The molecule has 0 radical (unpaired) electrons. The van der Waals surface area contributed by atoms with Gasteiger partial charge in [0.2, 0.25) is 0 Å². The molecule has 2 aromatic heterocycles. The van der Waals surface area contributed by atoms with Gasteiger partial charge in [-0.25, -0.2) is 4.79 Å². The summed E-state index contributed by atoms with van der Waals surface area (Å²) in [4.78, 5) is 13.0. The van der Waals surface area contributed by atoms with Crippen LogP contribution in [-0.4, -0.2) is 24.3 Å². The smallest absolute Gasteiger partial charge is 0.341 e. The Morgan fingerprint density at radius 2 is 1.32 bits per heavy atom. The van der Waals surface area contributed by atoms with Crippen molar-refractivity contribution < 1.29 is 19.4 Å². The van der Waals surface area contributed by atoms with Crippen LogP contribution >= 0.6 is 45.9 Å². The molecule has 0 saturated carbocycles. The molecular formula is C32H24Cl2O4S2. The molecule has 0 aliphatic carbocycles. The van der Waals surface area contributed by atoms with Crippen LogP contribution in [0.15, 0.2) is 97.1 Å². The molecule has 5 rings (SSSR count). The fourth-order valence-electron chi connectivity index (χ4n) is 4.20. The molecule has 1 N–H and O–H groups in total. The van der Waals surface area contributed by atoms with Crippen LogP contribution < -0.4 is 9.47 Å². The van der Waals surface area contributed by atoms with E-state index < -0.39 is 5.97 Å². The molecule has 0 spiro atoms. The minimum absolute atomic E-state index is 0.342. The fraction of sp³-hybridized carbons (Fsp3) is 0.0938. The van der Waals surface area contributed by atoms with E-state index in [-0.39, 0.29) is 6.61 Å². The van der Waals surface area contributed by atoms with E-state index in [1.807, 2.05) is 37.3 Å². The molecule has 4 nitrogen and oxygen atoms in total. The Kier molecular flexibility index (Phi) is 8.92. The zero-order valence-electron chi connectivity index (χ0n) is 21.4. The van der Waals surface area contributed by atoms with Crippen molar-refractivity contribution in [3.63, 3.8) is 0 Å². The molecule has 0 fully saturated rings. The molecule has 3 aromatic carbocycles. The summed E-state index contributed by atoms with van der Waals surface area (Å²) in [6.07, 6.45) is 2.07. The van der Waals surface area contributed by atoms with E-state index in [2.05, 4.69) is 54.6 Å². The Morgan fingerprint density at radius 3 is 1.77 bits per heavy atom. The number of hydrogen-bond donors (Lipinski definition) is 1. The Labute approximate surface area is 250 Å². The standard InChI is InChI=1S/C32H24Cl2O4S2/c1-20-18-25(10-11-27(20)38-19-32(35)36)37-17-16-26(21-2-6-23(7-3-21)28-12-14-30(33)39-28)22-4-8-24(9-5-22)29-13-15-31(34)40-29/h2-16,18H,17,19H2,1H3,(H,35,36). The van der Waals surface area contributed by atoms with Crippen LogP contribution in [0.25, 0.3) is 26.5 Å². The third-order valence-corrected chi connectivity index (χ3v) is 8.70. The first kappa shape index (κ1) is 28.0. The number of ether oxygens (including phenoxy) is 2. The monoisotopic (exact) mass is 606 g/mol. The largest absolute Gasteiger partial charge is 0.489 e. The summed E-state index contributed by atoms with van der Waals surface area (Å²) in [7, 11) is 0. The maximum Gasteiger partial charge on any atom is 0.341 e. The van der Waals surface area contributed by atoms with E-state index in [1.54, 1.807) is 34.8 Å². The summed E-state index contributed by atoms with van der Waals surface area (Å²) in [5.41, 5.74) is 6.20. The number of benzene rings is 3. The second-order valence-electron chi connectivity index (χ2n) is 8.90. The van der Waals surface area contributed by atoms with Crippen molar-refractivity contribution in [1.29, 1.82) is 0 Å². The third-order valence-electron chi connectivity index (χ3n) is 6.14. The highest BCUT2D eigenvalue weighted by Crippen LogP contribution is 2.35. The maximum atomic E-state index is 10.8. The lowest BCUT2D eigenvalue weighted by atomic mass is 9.95. The lowest BCUT2D eigenvalue weighted by molar-refractivity contribution is -0.139. The third kappa shape index (κ3) is 6.95. The van der Waals surface area contributed by atoms with Crippen LogP contribution in [0.3, 0.4) is 0 Å². The van der Waals surface area contributed by atoms with Crippen molar-refractivity contribution in [2.45, 2.75) is 6.92 Å². The SMILES string of the molecule is Cc1cc(OCC=C(c2ccc(-c3ccc(Cl)s3)cc2)c2ccc(-c3ccc(Cl)s3)cc2)ccc1OCC(=O)O. The highest BCUT2D eigenvalue weighted by atomic mass is 35.5. The van der Waals surface area contributed by atoms with Crippen molar-refractivity contribution in [1.82, 2.24) is 0 Å². The Balaban J connectivity index is 1.39. The van der Waals surface area contributed by atoms with Gasteiger partial charge in [0.1, 0.15) is 18.1 Å². The van der Waals surface area contributed by atoms with Gasteiger partial charge in [-0.1, -0.05) is 71.7 Å². The van der Waals surface area contributed by atoms with Gasteiger partial charge in [-0.05, 0) is 88.9 Å². The highest BCUT2D eigenvalue weighted by Gasteiger charge is 2.10. The summed E-state index contributed by atoms with van der Waals surface area (Å²) in [6, 6.07) is 30.1. The van der Waals surface area contributed by atoms with Gasteiger partial charge in [0.05, 0.1) is 8.67 Å². The van der Waals surface area contributed by atoms with Crippen LogP contribution in [0, 0.1) is 6.92 Å². The first-order valence-corrected chi connectivity index (χ1v) is 14.7. The van der Waals surface area contributed by atoms with Crippen molar-refractivity contribution in [2.24, 2.45) is 0 Å². The number of carboxylic acids is 1. The fourth-order valence-corrected chi connectivity index (χ4v) is 6.30. The number of aryl methyl sites for hydroxylation is 1. The molecule has 0 aliphatic heterocycles. The van der Waals surface area contributed by atoms with E-state index in [0.29, 0.717) is 18.1 Å². The zero-order chi connectivity index (χ0) is 28.1. The van der Waals surface area contributed by atoms with Gasteiger partial charge in [-0.3, -0.25) is 0 Å². The van der Waals surface area contributed by atoms with Crippen LogP contribution in [0.4, 0.5) is 0 Å². The van der Waals surface area contributed by atoms with E-state index in [9.17, 15) is 4.79 Å². The lowest BCUT2D eigenvalue weighted by Gasteiger charge is -2.12. The van der Waals surface area contributed by atoms with Crippen LogP contribution in [0.1, 0.15) is 16.7 Å². The van der Waals surface area contributed by atoms with E-state index in [1.165, 1.54) is 0 Å². The molecule has 0 amide bonds. The first-order valence-electron chi connectivity index (χ1n) is 12.4. The van der Waals surface area contributed by atoms with Gasteiger partial charge in [0.25, 0.3) is 0 Å².